The van der Waals surface area contributed by atoms with Crippen molar-refractivity contribution in [1.29, 1.82) is 0 Å². The van der Waals surface area contributed by atoms with Crippen LogP contribution in [-0.4, -0.2) is 63.8 Å². The molecule has 1 saturated heterocycles. The fourth-order valence-electron chi connectivity index (χ4n) is 8.13. The van der Waals surface area contributed by atoms with Gasteiger partial charge >= 0.3 is 0 Å². The summed E-state index contributed by atoms with van der Waals surface area (Å²) in [6.07, 6.45) is 2.83. The van der Waals surface area contributed by atoms with Gasteiger partial charge in [0.15, 0.2) is 0 Å². The molecule has 4 atom stereocenters. The van der Waals surface area contributed by atoms with E-state index in [1.165, 1.54) is 0 Å². The molecule has 11 heteroatoms. The van der Waals surface area contributed by atoms with E-state index in [4.69, 9.17) is 4.74 Å². The summed E-state index contributed by atoms with van der Waals surface area (Å²) in [6, 6.07) is 10.5. The van der Waals surface area contributed by atoms with Crippen molar-refractivity contribution in [3.8, 4) is 0 Å². The number of amides is 1. The predicted molar refractivity (Wildman–Crippen MR) is 160 cm³/mol. The second-order valence-corrected chi connectivity index (χ2v) is 14.8. The van der Waals surface area contributed by atoms with Gasteiger partial charge in [-0.25, -0.2) is 8.42 Å². The first kappa shape index (κ1) is 28.9. The van der Waals surface area contributed by atoms with Crippen molar-refractivity contribution >= 4 is 33.1 Å². The average Bonchev–Trinajstić information content (AvgIpc) is 3.27. The summed E-state index contributed by atoms with van der Waals surface area (Å²) in [6.45, 7) is 6.62. The molecule has 4 aliphatic rings. The molecule has 4 bridgehead atoms. The van der Waals surface area contributed by atoms with Crippen molar-refractivity contribution in [3.63, 3.8) is 0 Å². The molecule has 0 radical (unpaired) electrons. The van der Waals surface area contributed by atoms with Crippen LogP contribution in [0.2, 0.25) is 0 Å². The number of rotatable bonds is 9. The van der Waals surface area contributed by atoms with Gasteiger partial charge in [0.05, 0.1) is 29.1 Å². The molecule has 0 unspecified atom stereocenters. The molecule has 1 aromatic carbocycles. The third-order valence-electron chi connectivity index (χ3n) is 10.5. The van der Waals surface area contributed by atoms with Gasteiger partial charge in [0.1, 0.15) is 5.78 Å². The Hall–Kier alpha value is -3.18. The number of nitrogens with one attached hydrogen (secondary N) is 2. The van der Waals surface area contributed by atoms with E-state index in [9.17, 15) is 22.8 Å². The zero-order chi connectivity index (χ0) is 29.9. The largest absolute Gasteiger partial charge is 0.383 e. The topological polar surface area (TPSA) is 127 Å². The first-order valence-electron chi connectivity index (χ1n) is 14.8. The molecule has 226 valence electrons. The third kappa shape index (κ3) is 4.84. The molecule has 42 heavy (non-hydrogen) atoms. The van der Waals surface area contributed by atoms with E-state index < -0.39 is 15.4 Å². The van der Waals surface area contributed by atoms with Gasteiger partial charge in [0.2, 0.25) is 10.0 Å². The van der Waals surface area contributed by atoms with E-state index in [2.05, 4.69) is 14.9 Å². The lowest BCUT2D eigenvalue weighted by molar-refractivity contribution is -0.128. The summed E-state index contributed by atoms with van der Waals surface area (Å²) in [5.41, 5.74) is 1.06. The molecule has 2 aliphatic heterocycles. The lowest BCUT2D eigenvalue weighted by Crippen LogP contribution is -2.47. The quantitative estimate of drug-likeness (QED) is 0.426. The number of carbonyl (C=O) groups is 2. The molecule has 3 fully saturated rings. The Bertz CT molecular complexity index is 1580. The SMILES string of the molecule is COCCNC(=O)c1ccc(N2C[C@H]3C[C@@H](C2)c2cccc(=O)n2C3)c(NS(=O)(=O)C[C@@]23CC[C@@H](CC2=O)C3(C)C)c1. The number of hydrogen-bond acceptors (Lipinski definition) is 7. The standard InChI is InChI=1S/C31H40N4O6S/c1-30(2)23-9-10-31(30,27(36)15-23)19-42(39,40)33-24-14-21(29(38)32-11-12-41-3)7-8-26(24)34-16-20-13-22(18-34)25-5-4-6-28(37)35(25)17-20/h4-8,14,20,22-23,33H,9-13,15-19H2,1-3H3,(H,32,38)/t20-,22+,23+,31+/m1/s1. The molecule has 2 aliphatic carbocycles. The fraction of sp³-hybridized carbons (Fsp3) is 0.581. The lowest BCUT2D eigenvalue weighted by atomic mass is 9.70. The van der Waals surface area contributed by atoms with E-state index in [1.54, 1.807) is 37.4 Å². The van der Waals surface area contributed by atoms with Crippen LogP contribution in [0.15, 0.2) is 41.2 Å². The molecule has 0 spiro atoms. The Kier molecular flexibility index (Phi) is 7.24. The van der Waals surface area contributed by atoms with Crippen molar-refractivity contribution in [1.82, 2.24) is 9.88 Å². The Morgan fingerprint density at radius 2 is 1.93 bits per heavy atom. The highest BCUT2D eigenvalue weighted by atomic mass is 32.2. The maximum absolute atomic E-state index is 13.9. The number of ketones is 1. The smallest absolute Gasteiger partial charge is 0.251 e. The van der Waals surface area contributed by atoms with Crippen molar-refractivity contribution in [2.75, 3.05) is 48.7 Å². The molecular formula is C31H40N4O6S. The molecule has 10 nitrogen and oxygen atoms in total. The number of pyridine rings is 1. The lowest BCUT2D eigenvalue weighted by Gasteiger charge is -2.44. The fourth-order valence-corrected chi connectivity index (χ4v) is 10.0. The summed E-state index contributed by atoms with van der Waals surface area (Å²) in [4.78, 5) is 40.7. The van der Waals surface area contributed by atoms with Crippen LogP contribution in [-0.2, 0) is 26.1 Å². The second kappa shape index (κ2) is 10.5. The van der Waals surface area contributed by atoms with Crippen LogP contribution >= 0.6 is 0 Å². The van der Waals surface area contributed by atoms with Crippen LogP contribution in [0.25, 0.3) is 0 Å². The van der Waals surface area contributed by atoms with Gasteiger partial charge < -0.3 is 19.5 Å². The van der Waals surface area contributed by atoms with Crippen LogP contribution in [0.4, 0.5) is 11.4 Å². The number of carbonyl (C=O) groups excluding carboxylic acids is 2. The van der Waals surface area contributed by atoms with E-state index in [0.717, 1.165) is 18.5 Å². The monoisotopic (exact) mass is 596 g/mol. The molecular weight excluding hydrogens is 556 g/mol. The molecule has 3 heterocycles. The predicted octanol–water partition coefficient (Wildman–Crippen LogP) is 2.99. The number of hydrogen-bond donors (Lipinski definition) is 2. The first-order valence-corrected chi connectivity index (χ1v) is 16.5. The number of piperidine rings is 1. The van der Waals surface area contributed by atoms with Crippen LogP contribution in [0.5, 0.6) is 0 Å². The van der Waals surface area contributed by atoms with Gasteiger partial charge in [-0.2, -0.15) is 0 Å². The third-order valence-corrected chi connectivity index (χ3v) is 11.9. The van der Waals surface area contributed by atoms with E-state index in [-0.39, 0.29) is 46.2 Å². The van der Waals surface area contributed by atoms with Crippen molar-refractivity contribution < 1.29 is 22.7 Å². The number of sulfonamides is 1. The van der Waals surface area contributed by atoms with Crippen LogP contribution in [0, 0.1) is 22.7 Å². The van der Waals surface area contributed by atoms with Crippen LogP contribution in [0.3, 0.4) is 0 Å². The van der Waals surface area contributed by atoms with Gasteiger partial charge in [-0.15, -0.1) is 0 Å². The van der Waals surface area contributed by atoms with Crippen molar-refractivity contribution in [2.24, 2.45) is 22.7 Å². The summed E-state index contributed by atoms with van der Waals surface area (Å²) in [5.74, 6) is -0.000118. The second-order valence-electron chi connectivity index (χ2n) is 13.1. The number of Topliss-reactive ketones (excluding diaryl/α,β-unsaturated/α-hetero) is 1. The number of anilines is 2. The summed E-state index contributed by atoms with van der Waals surface area (Å²) in [5, 5.41) is 2.80. The maximum atomic E-state index is 13.9. The number of nitrogens with zero attached hydrogens (tertiary/aromatic N) is 2. The van der Waals surface area contributed by atoms with Gasteiger partial charge in [0, 0.05) is 63.0 Å². The Labute approximate surface area is 246 Å². The van der Waals surface area contributed by atoms with E-state index in [0.29, 0.717) is 62.6 Å². The molecule has 2 N–H and O–H groups in total. The molecule has 1 amide bonds. The number of fused-ring (bicyclic) bond motifs is 6. The van der Waals surface area contributed by atoms with Crippen LogP contribution in [0.1, 0.15) is 61.5 Å². The van der Waals surface area contributed by atoms with Crippen LogP contribution < -0.4 is 20.5 Å². The highest BCUT2D eigenvalue weighted by Crippen LogP contribution is 2.64. The summed E-state index contributed by atoms with van der Waals surface area (Å²) < 4.78 is 37.4. The minimum atomic E-state index is -3.96. The van der Waals surface area contributed by atoms with Gasteiger partial charge in [-0.05, 0) is 60.8 Å². The molecule has 6 rings (SSSR count). The zero-order valence-corrected chi connectivity index (χ0v) is 25.3. The average molecular weight is 597 g/mol. The van der Waals surface area contributed by atoms with Gasteiger partial charge in [-0.1, -0.05) is 19.9 Å². The van der Waals surface area contributed by atoms with Crippen molar-refractivity contribution in [2.45, 2.75) is 52.0 Å². The normalized spacial score (nSPS) is 27.5. The first-order chi connectivity index (χ1) is 19.9. The maximum Gasteiger partial charge on any atom is 0.251 e. The summed E-state index contributed by atoms with van der Waals surface area (Å²) >= 11 is 0. The number of ether oxygens (including phenoxy) is 1. The Morgan fingerprint density at radius 3 is 2.64 bits per heavy atom. The molecule has 2 saturated carbocycles. The highest BCUT2D eigenvalue weighted by Gasteiger charge is 2.65. The van der Waals surface area contributed by atoms with Crippen molar-refractivity contribution in [3.05, 3.63) is 58.0 Å². The number of aromatic nitrogens is 1. The van der Waals surface area contributed by atoms with E-state index >= 15 is 0 Å². The Balaban J connectivity index is 1.32. The minimum absolute atomic E-state index is 0.00542. The van der Waals surface area contributed by atoms with E-state index in [1.807, 2.05) is 24.5 Å². The molecule has 1 aromatic heterocycles. The highest BCUT2D eigenvalue weighted by molar-refractivity contribution is 7.92. The number of methoxy groups -OCH3 is 1. The summed E-state index contributed by atoms with van der Waals surface area (Å²) in [7, 11) is -2.40. The zero-order valence-electron chi connectivity index (χ0n) is 24.5. The number of benzene rings is 1. The minimum Gasteiger partial charge on any atom is -0.383 e. The molecule has 2 aromatic rings. The van der Waals surface area contributed by atoms with Gasteiger partial charge in [-0.3, -0.25) is 19.1 Å². The van der Waals surface area contributed by atoms with Gasteiger partial charge in [0.25, 0.3) is 11.5 Å². The Morgan fingerprint density at radius 1 is 1.12 bits per heavy atom.